The molecule has 0 radical (unpaired) electrons. The van der Waals surface area contributed by atoms with E-state index in [2.05, 4.69) is 10.3 Å². The van der Waals surface area contributed by atoms with E-state index < -0.39 is 23.5 Å². The minimum atomic E-state index is -4.46. The molecule has 1 amide bonds. The lowest BCUT2D eigenvalue weighted by Crippen LogP contribution is -2.19. The second kappa shape index (κ2) is 6.72. The highest BCUT2D eigenvalue weighted by Crippen LogP contribution is 2.33. The molecule has 0 atom stereocenters. The zero-order valence-corrected chi connectivity index (χ0v) is 13.3. The maximum atomic E-state index is 12.9. The number of benzene rings is 2. The van der Waals surface area contributed by atoms with E-state index in [1.807, 2.05) is 0 Å². The maximum Gasteiger partial charge on any atom is 0.416 e. The van der Waals surface area contributed by atoms with Crippen LogP contribution in [-0.2, 0) is 11.0 Å². The van der Waals surface area contributed by atoms with Crippen LogP contribution in [0.2, 0.25) is 0 Å². The summed E-state index contributed by atoms with van der Waals surface area (Å²) in [5, 5.41) is 2.67. The average molecular weight is 366 g/mol. The fraction of sp³-hybridized carbons (Fsp3) is 0.0588. The van der Waals surface area contributed by atoms with Gasteiger partial charge in [0.05, 0.1) is 16.2 Å². The first-order chi connectivity index (χ1) is 11.8. The van der Waals surface area contributed by atoms with Gasteiger partial charge in [-0.3, -0.25) is 4.79 Å². The maximum absolute atomic E-state index is 12.9. The summed E-state index contributed by atoms with van der Waals surface area (Å²) in [6.07, 6.45) is -2.91. The number of amides is 1. The van der Waals surface area contributed by atoms with E-state index in [1.165, 1.54) is 36.4 Å². The first kappa shape index (κ1) is 17.2. The fourth-order valence-electron chi connectivity index (χ4n) is 2.06. The van der Waals surface area contributed by atoms with E-state index in [4.69, 9.17) is 0 Å². The van der Waals surface area contributed by atoms with Crippen molar-refractivity contribution in [3.05, 3.63) is 70.4 Å². The molecule has 0 bridgehead atoms. The first-order valence-corrected chi connectivity index (χ1v) is 7.85. The van der Waals surface area contributed by atoms with Crippen molar-refractivity contribution >= 4 is 34.6 Å². The molecule has 8 heteroatoms. The molecule has 0 aromatic heterocycles. The summed E-state index contributed by atoms with van der Waals surface area (Å²) in [7, 11) is 0. The van der Waals surface area contributed by atoms with Crippen molar-refractivity contribution in [1.29, 1.82) is 0 Å². The Labute approximate surface area is 144 Å². The Balaban J connectivity index is 1.82. The van der Waals surface area contributed by atoms with Crippen LogP contribution in [0.5, 0.6) is 0 Å². The van der Waals surface area contributed by atoms with Crippen molar-refractivity contribution < 1.29 is 22.4 Å². The lowest BCUT2D eigenvalue weighted by molar-refractivity contribution is -0.137. The molecular formula is C17H10F4N2OS. The molecule has 1 aliphatic heterocycles. The van der Waals surface area contributed by atoms with Crippen molar-refractivity contribution in [2.24, 2.45) is 4.99 Å². The molecule has 1 fully saturated rings. The Morgan fingerprint density at radius 1 is 1.08 bits per heavy atom. The number of carbonyl (C=O) groups is 1. The number of alkyl halides is 3. The van der Waals surface area contributed by atoms with Crippen LogP contribution in [0.3, 0.4) is 0 Å². The van der Waals surface area contributed by atoms with Gasteiger partial charge in [0, 0.05) is 0 Å². The molecule has 0 spiro atoms. The molecule has 2 aromatic carbocycles. The number of amidine groups is 1. The van der Waals surface area contributed by atoms with Crippen LogP contribution >= 0.6 is 11.8 Å². The SMILES string of the molecule is O=C1NC(=Nc2cccc(C(F)(F)F)c2)SC1=Cc1ccc(F)cc1. The minimum absolute atomic E-state index is 0.0839. The van der Waals surface area contributed by atoms with Gasteiger partial charge in [-0.15, -0.1) is 0 Å². The average Bonchev–Trinajstić information content (AvgIpc) is 2.88. The summed E-state index contributed by atoms with van der Waals surface area (Å²) in [6.45, 7) is 0. The van der Waals surface area contributed by atoms with Crippen molar-refractivity contribution in [3.63, 3.8) is 0 Å². The highest BCUT2D eigenvalue weighted by molar-refractivity contribution is 8.18. The number of nitrogens with one attached hydrogen (secondary N) is 1. The van der Waals surface area contributed by atoms with Crippen molar-refractivity contribution in [2.75, 3.05) is 0 Å². The Morgan fingerprint density at radius 3 is 2.48 bits per heavy atom. The molecule has 25 heavy (non-hydrogen) atoms. The number of hydrogen-bond acceptors (Lipinski definition) is 3. The molecule has 0 unspecified atom stereocenters. The Hall–Kier alpha value is -2.61. The number of aliphatic imine (C=N–C) groups is 1. The normalized spacial score (nSPS) is 18.0. The number of hydrogen-bond donors (Lipinski definition) is 1. The van der Waals surface area contributed by atoms with E-state index in [0.29, 0.717) is 10.5 Å². The molecule has 1 heterocycles. The molecular weight excluding hydrogens is 356 g/mol. The highest BCUT2D eigenvalue weighted by atomic mass is 32.2. The van der Waals surface area contributed by atoms with Gasteiger partial charge in [0.1, 0.15) is 5.82 Å². The summed E-state index contributed by atoms with van der Waals surface area (Å²) in [6, 6.07) is 10.1. The summed E-state index contributed by atoms with van der Waals surface area (Å²) in [5.74, 6) is -0.808. The van der Waals surface area contributed by atoms with Gasteiger partial charge in [-0.1, -0.05) is 18.2 Å². The molecule has 3 nitrogen and oxygen atoms in total. The smallest absolute Gasteiger partial charge is 0.300 e. The van der Waals surface area contributed by atoms with Gasteiger partial charge in [-0.25, -0.2) is 9.38 Å². The van der Waals surface area contributed by atoms with Gasteiger partial charge in [0.25, 0.3) is 5.91 Å². The number of rotatable bonds is 2. The van der Waals surface area contributed by atoms with Gasteiger partial charge in [0.2, 0.25) is 0 Å². The second-order valence-corrected chi connectivity index (χ2v) is 6.11. The fourth-order valence-corrected chi connectivity index (χ4v) is 2.90. The standard InChI is InChI=1S/C17H10F4N2OS/c18-12-6-4-10(5-7-12)8-14-15(24)23-16(25-14)22-13-3-1-2-11(9-13)17(19,20)21/h1-9H,(H,22,23,24). The molecule has 0 saturated carbocycles. The van der Waals surface area contributed by atoms with E-state index in [1.54, 1.807) is 6.08 Å². The Morgan fingerprint density at radius 2 is 1.80 bits per heavy atom. The van der Waals surface area contributed by atoms with Crippen molar-refractivity contribution in [2.45, 2.75) is 6.18 Å². The number of thioether (sulfide) groups is 1. The number of nitrogens with zero attached hydrogens (tertiary/aromatic N) is 1. The van der Waals surface area contributed by atoms with Gasteiger partial charge in [-0.05, 0) is 53.7 Å². The molecule has 0 aliphatic carbocycles. The quantitative estimate of drug-likeness (QED) is 0.616. The van der Waals surface area contributed by atoms with E-state index >= 15 is 0 Å². The van der Waals surface area contributed by atoms with Gasteiger partial charge >= 0.3 is 6.18 Å². The van der Waals surface area contributed by atoms with Crippen LogP contribution in [0, 0.1) is 5.82 Å². The highest BCUT2D eigenvalue weighted by Gasteiger charge is 2.30. The van der Waals surface area contributed by atoms with E-state index in [0.717, 1.165) is 23.9 Å². The summed E-state index contributed by atoms with van der Waals surface area (Å²) in [4.78, 5) is 16.3. The van der Waals surface area contributed by atoms with Gasteiger partial charge in [0.15, 0.2) is 5.17 Å². The largest absolute Gasteiger partial charge is 0.416 e. The van der Waals surface area contributed by atoms with Gasteiger partial charge in [-0.2, -0.15) is 13.2 Å². The van der Waals surface area contributed by atoms with E-state index in [9.17, 15) is 22.4 Å². The lowest BCUT2D eigenvalue weighted by atomic mass is 10.2. The molecule has 3 rings (SSSR count). The number of halogens is 4. The third-order valence-corrected chi connectivity index (χ3v) is 4.13. The third-order valence-electron chi connectivity index (χ3n) is 3.22. The van der Waals surface area contributed by atoms with Crippen molar-refractivity contribution in [3.8, 4) is 0 Å². The second-order valence-electron chi connectivity index (χ2n) is 5.08. The van der Waals surface area contributed by atoms with E-state index in [-0.39, 0.29) is 10.9 Å². The Kier molecular flexibility index (Phi) is 4.63. The molecule has 1 aliphatic rings. The molecule has 1 N–H and O–H groups in total. The topological polar surface area (TPSA) is 41.5 Å². The van der Waals surface area contributed by atoms with Crippen molar-refractivity contribution in [1.82, 2.24) is 5.32 Å². The number of carbonyl (C=O) groups excluding carboxylic acids is 1. The predicted octanol–water partition coefficient (Wildman–Crippen LogP) is 4.74. The zero-order chi connectivity index (χ0) is 18.0. The third kappa shape index (κ3) is 4.27. The molecule has 2 aromatic rings. The summed E-state index contributed by atoms with van der Waals surface area (Å²) >= 11 is 1.00. The first-order valence-electron chi connectivity index (χ1n) is 7.04. The minimum Gasteiger partial charge on any atom is -0.300 e. The van der Waals surface area contributed by atoms with Crippen LogP contribution < -0.4 is 5.32 Å². The van der Waals surface area contributed by atoms with Gasteiger partial charge < -0.3 is 5.32 Å². The molecule has 128 valence electrons. The predicted molar refractivity (Wildman–Crippen MR) is 88.6 cm³/mol. The monoisotopic (exact) mass is 366 g/mol. The molecule has 1 saturated heterocycles. The lowest BCUT2D eigenvalue weighted by Gasteiger charge is -2.06. The van der Waals surface area contributed by atoms with Crippen LogP contribution in [0.25, 0.3) is 6.08 Å². The van der Waals surface area contributed by atoms with Crippen LogP contribution in [0.4, 0.5) is 23.2 Å². The van der Waals surface area contributed by atoms with Crippen LogP contribution in [-0.4, -0.2) is 11.1 Å². The zero-order valence-electron chi connectivity index (χ0n) is 12.5. The van der Waals surface area contributed by atoms with Crippen LogP contribution in [0.15, 0.2) is 58.4 Å². The van der Waals surface area contributed by atoms with Crippen LogP contribution in [0.1, 0.15) is 11.1 Å². The Bertz CT molecular complexity index is 873. The summed E-state index contributed by atoms with van der Waals surface area (Å²) in [5.41, 5.74) is -0.106. The summed E-state index contributed by atoms with van der Waals surface area (Å²) < 4.78 is 51.0.